The predicted molar refractivity (Wildman–Crippen MR) is 104 cm³/mol. The second kappa shape index (κ2) is 6.49. The lowest BCUT2D eigenvalue weighted by Crippen LogP contribution is -3.14. The van der Waals surface area contributed by atoms with Crippen LogP contribution < -0.4 is 10.2 Å². The summed E-state index contributed by atoms with van der Waals surface area (Å²) in [6.45, 7) is 1.54. The van der Waals surface area contributed by atoms with Crippen molar-refractivity contribution in [2.24, 2.45) is 5.92 Å². The zero-order chi connectivity index (χ0) is 17.7. The topological polar surface area (TPSA) is 57.3 Å². The number of fused-ring (bicyclic) bond motifs is 2. The summed E-state index contributed by atoms with van der Waals surface area (Å²) < 4.78 is 0. The van der Waals surface area contributed by atoms with E-state index < -0.39 is 0 Å². The van der Waals surface area contributed by atoms with Gasteiger partial charge in [-0.3, -0.25) is 4.79 Å². The fourth-order valence-electron chi connectivity index (χ4n) is 4.68. The third-order valence-corrected chi connectivity index (χ3v) is 8.20. The third-order valence-electron chi connectivity index (χ3n) is 6.00. The Bertz CT molecular complexity index is 903. The average molecular weight is 385 g/mol. The largest absolute Gasteiger partial charge is 0.320 e. The molecule has 1 saturated carbocycles. The van der Waals surface area contributed by atoms with E-state index in [0.29, 0.717) is 18.2 Å². The number of thiophene rings is 2. The maximum absolute atomic E-state index is 12.8. The van der Waals surface area contributed by atoms with Crippen LogP contribution in [0.2, 0.25) is 0 Å². The van der Waals surface area contributed by atoms with E-state index in [1.165, 1.54) is 38.6 Å². The van der Waals surface area contributed by atoms with Gasteiger partial charge in [-0.2, -0.15) is 5.26 Å². The van der Waals surface area contributed by atoms with E-state index in [2.05, 4.69) is 22.8 Å². The Morgan fingerprint density at radius 2 is 2.19 bits per heavy atom. The fourth-order valence-corrected chi connectivity index (χ4v) is 6.87. The Labute approximate surface area is 161 Å². The molecule has 0 radical (unpaired) electrons. The summed E-state index contributed by atoms with van der Waals surface area (Å²) in [5.74, 6) is 0.799. The number of nitriles is 1. The van der Waals surface area contributed by atoms with Crippen LogP contribution in [0.1, 0.15) is 51.7 Å². The molecular formula is C20H22N3OS2+. The van der Waals surface area contributed by atoms with Crippen molar-refractivity contribution in [3.05, 3.63) is 37.9 Å². The summed E-state index contributed by atoms with van der Waals surface area (Å²) in [4.78, 5) is 17.0. The Hall–Kier alpha value is -1.68. The van der Waals surface area contributed by atoms with Gasteiger partial charge in [-0.15, -0.1) is 22.7 Å². The number of nitrogens with one attached hydrogen (secondary N) is 2. The molecule has 0 aromatic carbocycles. The van der Waals surface area contributed by atoms with Crippen LogP contribution in [0.4, 0.5) is 5.00 Å². The van der Waals surface area contributed by atoms with Gasteiger partial charge in [0.05, 0.1) is 12.1 Å². The molecule has 2 aromatic heterocycles. The first-order valence-electron chi connectivity index (χ1n) is 9.50. The van der Waals surface area contributed by atoms with E-state index in [1.54, 1.807) is 11.3 Å². The summed E-state index contributed by atoms with van der Waals surface area (Å²) >= 11 is 3.48. The molecule has 0 saturated heterocycles. The van der Waals surface area contributed by atoms with Gasteiger partial charge in [0.1, 0.15) is 17.1 Å². The number of hydrogen-bond donors (Lipinski definition) is 2. The predicted octanol–water partition coefficient (Wildman–Crippen LogP) is 2.70. The van der Waals surface area contributed by atoms with E-state index >= 15 is 0 Å². The van der Waals surface area contributed by atoms with Crippen molar-refractivity contribution < 1.29 is 9.69 Å². The molecule has 2 N–H and O–H groups in total. The number of rotatable bonds is 4. The molecule has 1 fully saturated rings. The highest BCUT2D eigenvalue weighted by Crippen LogP contribution is 2.42. The summed E-state index contributed by atoms with van der Waals surface area (Å²) in [6, 6.07) is 5.08. The minimum Gasteiger partial charge on any atom is -0.320 e. The van der Waals surface area contributed by atoms with Gasteiger partial charge < -0.3 is 10.2 Å². The van der Waals surface area contributed by atoms with Crippen LogP contribution in [0.5, 0.6) is 0 Å². The Kier molecular flexibility index (Phi) is 4.11. The molecule has 1 amide bonds. The molecule has 1 aliphatic heterocycles. The lowest BCUT2D eigenvalue weighted by Gasteiger charge is -2.32. The maximum Gasteiger partial charge on any atom is 0.280 e. The minimum absolute atomic E-state index is 0.0563. The maximum atomic E-state index is 12.8. The van der Waals surface area contributed by atoms with Crippen molar-refractivity contribution in [2.75, 3.05) is 18.4 Å². The van der Waals surface area contributed by atoms with Crippen LogP contribution in [0.15, 0.2) is 11.4 Å². The molecule has 3 heterocycles. The summed E-state index contributed by atoms with van der Waals surface area (Å²) in [5, 5.41) is 15.6. The van der Waals surface area contributed by atoms with Crippen molar-refractivity contribution in [1.82, 2.24) is 0 Å². The van der Waals surface area contributed by atoms with E-state index in [9.17, 15) is 10.1 Å². The number of carbonyl (C=O) groups excluding carboxylic acids is 1. The lowest BCUT2D eigenvalue weighted by atomic mass is 9.96. The van der Waals surface area contributed by atoms with E-state index in [-0.39, 0.29) is 5.91 Å². The summed E-state index contributed by atoms with van der Waals surface area (Å²) in [7, 11) is 0. The van der Waals surface area contributed by atoms with Crippen LogP contribution in [0, 0.1) is 17.2 Å². The van der Waals surface area contributed by atoms with Gasteiger partial charge in [-0.25, -0.2) is 0 Å². The van der Waals surface area contributed by atoms with Gasteiger partial charge >= 0.3 is 0 Å². The second-order valence-electron chi connectivity index (χ2n) is 7.67. The highest BCUT2D eigenvalue weighted by Gasteiger charge is 2.43. The molecule has 2 aliphatic carbocycles. The van der Waals surface area contributed by atoms with Gasteiger partial charge in [0.15, 0.2) is 6.54 Å². The molecule has 0 spiro atoms. The van der Waals surface area contributed by atoms with Crippen LogP contribution in [0.3, 0.4) is 0 Å². The van der Waals surface area contributed by atoms with Crippen LogP contribution in [0.25, 0.3) is 0 Å². The zero-order valence-electron chi connectivity index (χ0n) is 14.6. The number of anilines is 1. The minimum atomic E-state index is 0.0563. The Morgan fingerprint density at radius 3 is 3.00 bits per heavy atom. The molecule has 3 aliphatic rings. The quantitative estimate of drug-likeness (QED) is 0.852. The van der Waals surface area contributed by atoms with Crippen molar-refractivity contribution in [3.63, 3.8) is 0 Å². The fraction of sp³-hybridized carbons (Fsp3) is 0.500. The van der Waals surface area contributed by atoms with E-state index in [1.807, 2.05) is 11.3 Å². The van der Waals surface area contributed by atoms with Gasteiger partial charge in [0.2, 0.25) is 0 Å². The first-order chi connectivity index (χ1) is 12.7. The number of hydrogen-bond acceptors (Lipinski definition) is 4. The number of quaternary nitrogens is 1. The first-order valence-corrected chi connectivity index (χ1v) is 11.2. The Morgan fingerprint density at radius 1 is 1.31 bits per heavy atom. The van der Waals surface area contributed by atoms with E-state index in [4.69, 9.17) is 0 Å². The lowest BCUT2D eigenvalue weighted by molar-refractivity contribution is -0.928. The second-order valence-corrected chi connectivity index (χ2v) is 9.78. The van der Waals surface area contributed by atoms with Crippen molar-refractivity contribution in [2.45, 2.75) is 44.6 Å². The van der Waals surface area contributed by atoms with Gasteiger partial charge in [0.25, 0.3) is 5.91 Å². The number of aryl methyl sites for hydroxylation is 1. The van der Waals surface area contributed by atoms with Crippen molar-refractivity contribution >= 4 is 33.6 Å². The molecule has 26 heavy (non-hydrogen) atoms. The van der Waals surface area contributed by atoms with Crippen molar-refractivity contribution in [1.29, 1.82) is 5.26 Å². The molecule has 0 bridgehead atoms. The normalized spacial score (nSPS) is 24.0. The molecule has 1 unspecified atom stereocenters. The highest BCUT2D eigenvalue weighted by atomic mass is 32.1. The zero-order valence-corrected chi connectivity index (χ0v) is 16.3. The van der Waals surface area contributed by atoms with Gasteiger partial charge in [-0.1, -0.05) is 0 Å². The molecule has 6 heteroatoms. The third kappa shape index (κ3) is 2.79. The molecular weight excluding hydrogens is 362 g/mol. The van der Waals surface area contributed by atoms with Crippen LogP contribution in [-0.2, 0) is 24.1 Å². The Balaban J connectivity index is 1.33. The van der Waals surface area contributed by atoms with Gasteiger partial charge in [0, 0.05) is 27.7 Å². The van der Waals surface area contributed by atoms with E-state index in [0.717, 1.165) is 43.1 Å². The molecule has 2 atom stereocenters. The van der Waals surface area contributed by atoms with Crippen molar-refractivity contribution in [3.8, 4) is 6.07 Å². The highest BCUT2D eigenvalue weighted by molar-refractivity contribution is 7.16. The van der Waals surface area contributed by atoms with Gasteiger partial charge in [-0.05, 0) is 49.1 Å². The monoisotopic (exact) mass is 384 g/mol. The standard InChI is InChI=1S/C20H21N3OS2/c21-10-15-13-2-1-3-17(13)26-20(15)22-18(24)11-23-8-6-16-14(7-9-25-16)19(23)12-4-5-12/h7,9,12,19H,1-6,8,11H2,(H,22,24)/p+1/t19-/m0/s1. The summed E-state index contributed by atoms with van der Waals surface area (Å²) in [6.07, 6.45) is 6.82. The first kappa shape index (κ1) is 16.5. The number of nitrogens with zero attached hydrogens (tertiary/aromatic N) is 1. The molecule has 5 rings (SSSR count). The number of amides is 1. The summed E-state index contributed by atoms with van der Waals surface area (Å²) in [5.41, 5.74) is 3.37. The SMILES string of the molecule is N#Cc1c(NC(=O)C[NH+]2CCc3sccc3[C@@H]2C2CC2)sc2c1CCC2. The van der Waals surface area contributed by atoms with Crippen LogP contribution in [-0.4, -0.2) is 19.0 Å². The molecule has 2 aromatic rings. The average Bonchev–Trinajstić information content (AvgIpc) is 3.02. The number of carbonyl (C=O) groups is 1. The van der Waals surface area contributed by atoms with Crippen LogP contribution >= 0.6 is 22.7 Å². The molecule has 134 valence electrons. The molecule has 4 nitrogen and oxygen atoms in total. The smallest absolute Gasteiger partial charge is 0.280 e.